The zero-order valence-corrected chi connectivity index (χ0v) is 16.2. The Morgan fingerprint density at radius 3 is 1.36 bits per heavy atom. The molecule has 0 aliphatic carbocycles. The van der Waals surface area contributed by atoms with Gasteiger partial charge in [-0.2, -0.15) is 10.2 Å². The first-order valence-electron chi connectivity index (χ1n) is 9.26. The Balaban J connectivity index is 1.36. The van der Waals surface area contributed by atoms with Crippen LogP contribution in [0.5, 0.6) is 0 Å². The SMILES string of the molecule is C[n+]1ccn(Cc2ccc(N=Nc3ccc(Cn4cc[n+](C)c4)cc3)cc2)c1. The van der Waals surface area contributed by atoms with E-state index in [4.69, 9.17) is 0 Å². The van der Waals surface area contributed by atoms with Gasteiger partial charge in [-0.1, -0.05) is 24.3 Å². The maximum absolute atomic E-state index is 4.35. The van der Waals surface area contributed by atoms with Crippen molar-refractivity contribution in [1.29, 1.82) is 0 Å². The van der Waals surface area contributed by atoms with Crippen molar-refractivity contribution < 1.29 is 9.13 Å². The maximum atomic E-state index is 4.35. The number of aromatic nitrogens is 4. The zero-order chi connectivity index (χ0) is 19.3. The molecule has 2 aromatic heterocycles. The van der Waals surface area contributed by atoms with E-state index >= 15 is 0 Å². The molecule has 0 saturated carbocycles. The lowest BCUT2D eigenvalue weighted by molar-refractivity contribution is -0.671. The summed E-state index contributed by atoms with van der Waals surface area (Å²) in [5, 5.41) is 8.70. The minimum Gasteiger partial charge on any atom is -0.240 e. The van der Waals surface area contributed by atoms with E-state index in [1.54, 1.807) is 0 Å². The Morgan fingerprint density at radius 1 is 0.643 bits per heavy atom. The number of aryl methyl sites for hydroxylation is 2. The molecule has 6 nitrogen and oxygen atoms in total. The van der Waals surface area contributed by atoms with Gasteiger partial charge in [0.15, 0.2) is 0 Å². The van der Waals surface area contributed by atoms with E-state index in [1.165, 1.54) is 11.1 Å². The van der Waals surface area contributed by atoms with Crippen molar-refractivity contribution in [3.8, 4) is 0 Å². The molecule has 6 heteroatoms. The Hall–Kier alpha value is -3.54. The van der Waals surface area contributed by atoms with Crippen LogP contribution in [0.15, 0.2) is 96.2 Å². The normalized spacial score (nSPS) is 11.4. The molecule has 0 saturated heterocycles. The highest BCUT2D eigenvalue weighted by Gasteiger charge is 2.03. The van der Waals surface area contributed by atoms with E-state index < -0.39 is 0 Å². The Labute approximate surface area is 164 Å². The third-order valence-electron chi connectivity index (χ3n) is 4.53. The molecule has 0 atom stereocenters. The fourth-order valence-corrected chi connectivity index (χ4v) is 3.06. The molecule has 0 unspecified atom stereocenters. The number of nitrogens with zero attached hydrogens (tertiary/aromatic N) is 6. The van der Waals surface area contributed by atoms with Crippen molar-refractivity contribution in [2.24, 2.45) is 24.3 Å². The van der Waals surface area contributed by atoms with Crippen LogP contribution in [0.1, 0.15) is 11.1 Å². The Bertz CT molecular complexity index is 983. The molecule has 2 aromatic carbocycles. The van der Waals surface area contributed by atoms with Crippen molar-refractivity contribution in [2.75, 3.05) is 0 Å². The number of imidazole rings is 2. The lowest BCUT2D eigenvalue weighted by Gasteiger charge is -2.00. The van der Waals surface area contributed by atoms with Gasteiger partial charge in [-0.15, -0.1) is 0 Å². The largest absolute Gasteiger partial charge is 0.243 e. The molecule has 0 bridgehead atoms. The van der Waals surface area contributed by atoms with Gasteiger partial charge in [0.25, 0.3) is 0 Å². The maximum Gasteiger partial charge on any atom is 0.243 e. The van der Waals surface area contributed by atoms with Crippen molar-refractivity contribution in [3.05, 3.63) is 97.1 Å². The Kier molecular flexibility index (Phi) is 5.10. The Morgan fingerprint density at radius 2 is 1.04 bits per heavy atom. The molecule has 0 radical (unpaired) electrons. The first kappa shape index (κ1) is 17.9. The summed E-state index contributed by atoms with van der Waals surface area (Å²) in [5.41, 5.74) is 4.17. The van der Waals surface area contributed by atoms with Crippen molar-refractivity contribution in [1.82, 2.24) is 9.13 Å². The van der Waals surface area contributed by atoms with Crippen LogP contribution in [0.4, 0.5) is 11.4 Å². The minimum absolute atomic E-state index is 0.846. The molecule has 0 spiro atoms. The van der Waals surface area contributed by atoms with Crippen LogP contribution in [0, 0.1) is 0 Å². The molecule has 0 aliphatic rings. The first-order chi connectivity index (χ1) is 13.6. The van der Waals surface area contributed by atoms with Gasteiger partial charge < -0.3 is 0 Å². The van der Waals surface area contributed by atoms with E-state index in [0.29, 0.717) is 0 Å². The number of hydrogen-bond donors (Lipinski definition) is 0. The topological polar surface area (TPSA) is 42.3 Å². The molecule has 0 amide bonds. The van der Waals surface area contributed by atoms with Gasteiger partial charge in [0.05, 0.1) is 25.5 Å². The van der Waals surface area contributed by atoms with Gasteiger partial charge in [-0.25, -0.2) is 18.3 Å². The van der Waals surface area contributed by atoms with Crippen molar-refractivity contribution in [2.45, 2.75) is 13.1 Å². The molecule has 0 aliphatic heterocycles. The molecule has 4 aromatic rings. The summed E-state index contributed by atoms with van der Waals surface area (Å²) >= 11 is 0. The molecule has 0 N–H and O–H groups in total. The predicted octanol–water partition coefficient (Wildman–Crippen LogP) is 3.45. The van der Waals surface area contributed by atoms with Crippen LogP contribution in [-0.2, 0) is 27.2 Å². The van der Waals surface area contributed by atoms with E-state index in [9.17, 15) is 0 Å². The van der Waals surface area contributed by atoms with Gasteiger partial charge in [0.2, 0.25) is 12.7 Å². The number of hydrogen-bond acceptors (Lipinski definition) is 2. The standard InChI is InChI=1S/C22H24N6/c1-25-11-13-27(17-25)15-19-3-7-21(8-4-19)23-24-22-9-5-20(6-10-22)16-28-14-12-26(2)18-28/h3-14,17-18H,15-16H2,1-2H3/q+2. The van der Waals surface area contributed by atoms with E-state index in [2.05, 4.69) is 68.7 Å². The van der Waals surface area contributed by atoms with E-state index in [-0.39, 0.29) is 0 Å². The number of benzene rings is 2. The summed E-state index contributed by atoms with van der Waals surface area (Å²) < 4.78 is 8.36. The van der Waals surface area contributed by atoms with Gasteiger partial charge in [0, 0.05) is 0 Å². The van der Waals surface area contributed by atoms with E-state index in [1.807, 2.05) is 59.9 Å². The summed E-state index contributed by atoms with van der Waals surface area (Å²) in [5.74, 6) is 0. The highest BCUT2D eigenvalue weighted by molar-refractivity contribution is 5.42. The van der Waals surface area contributed by atoms with Gasteiger partial charge in [-0.05, 0) is 35.4 Å². The summed E-state index contributed by atoms with van der Waals surface area (Å²) in [4.78, 5) is 0. The van der Waals surface area contributed by atoms with Crippen molar-refractivity contribution in [3.63, 3.8) is 0 Å². The predicted molar refractivity (Wildman–Crippen MR) is 106 cm³/mol. The second kappa shape index (κ2) is 8.00. The number of azo groups is 1. The average Bonchev–Trinajstić information content (AvgIpc) is 3.30. The van der Waals surface area contributed by atoms with Crippen molar-refractivity contribution >= 4 is 11.4 Å². The smallest absolute Gasteiger partial charge is 0.240 e. The van der Waals surface area contributed by atoms with Crippen LogP contribution in [0.25, 0.3) is 0 Å². The third-order valence-corrected chi connectivity index (χ3v) is 4.53. The first-order valence-corrected chi connectivity index (χ1v) is 9.26. The number of rotatable bonds is 6. The molecule has 2 heterocycles. The molecule has 0 fully saturated rings. The van der Waals surface area contributed by atoms with Crippen LogP contribution in [-0.4, -0.2) is 9.13 Å². The summed E-state index contributed by atoms with van der Waals surface area (Å²) in [7, 11) is 4.04. The minimum atomic E-state index is 0.846. The van der Waals surface area contributed by atoms with Crippen LogP contribution in [0.3, 0.4) is 0 Å². The monoisotopic (exact) mass is 372 g/mol. The van der Waals surface area contributed by atoms with Gasteiger partial charge in [-0.3, -0.25) is 0 Å². The van der Waals surface area contributed by atoms with Crippen LogP contribution >= 0.6 is 0 Å². The van der Waals surface area contributed by atoms with Crippen LogP contribution in [0.2, 0.25) is 0 Å². The lowest BCUT2D eigenvalue weighted by atomic mass is 10.2. The molecular weight excluding hydrogens is 348 g/mol. The molecule has 140 valence electrons. The zero-order valence-electron chi connectivity index (χ0n) is 16.2. The summed E-state index contributed by atoms with van der Waals surface area (Å²) in [6, 6.07) is 16.4. The quantitative estimate of drug-likeness (QED) is 0.368. The summed E-state index contributed by atoms with van der Waals surface area (Å²) in [6.45, 7) is 1.69. The molecular formula is C22H24N6+2. The fraction of sp³-hybridized carbons (Fsp3) is 0.182. The van der Waals surface area contributed by atoms with Crippen LogP contribution < -0.4 is 9.13 Å². The third kappa shape index (κ3) is 4.59. The van der Waals surface area contributed by atoms with Gasteiger partial charge in [0.1, 0.15) is 37.9 Å². The highest BCUT2D eigenvalue weighted by Crippen LogP contribution is 2.20. The second-order valence-corrected chi connectivity index (χ2v) is 7.04. The second-order valence-electron chi connectivity index (χ2n) is 7.04. The summed E-state index contributed by atoms with van der Waals surface area (Å²) in [6.07, 6.45) is 12.3. The van der Waals surface area contributed by atoms with Gasteiger partial charge >= 0.3 is 0 Å². The molecule has 4 rings (SSSR count). The van der Waals surface area contributed by atoms with E-state index in [0.717, 1.165) is 24.5 Å². The highest BCUT2D eigenvalue weighted by atomic mass is 15.1. The average molecular weight is 372 g/mol. The fourth-order valence-electron chi connectivity index (χ4n) is 3.06. The molecule has 28 heavy (non-hydrogen) atoms. The lowest BCUT2D eigenvalue weighted by Crippen LogP contribution is -2.23.